The molecule has 0 amide bonds. The number of carbonyl (C=O) groups excluding carboxylic acids is 1. The first kappa shape index (κ1) is 24.3. The highest BCUT2D eigenvalue weighted by atomic mass is 16.5. The van der Waals surface area contributed by atoms with Gasteiger partial charge in [-0.05, 0) is 111 Å². The Bertz CT molecular complexity index is 726. The number of hydrogen-bond donors (Lipinski definition) is 1. The van der Waals surface area contributed by atoms with Crippen molar-refractivity contribution in [3.05, 3.63) is 11.6 Å². The predicted molar refractivity (Wildman–Crippen MR) is 130 cm³/mol. The summed E-state index contributed by atoms with van der Waals surface area (Å²) in [5, 5.41) is 11.0. The third-order valence-electron chi connectivity index (χ3n) is 10.7. The monoisotopic (exact) mass is 444 g/mol. The van der Waals surface area contributed by atoms with E-state index in [-0.39, 0.29) is 18.2 Å². The number of rotatable bonds is 6. The summed E-state index contributed by atoms with van der Waals surface area (Å²) in [5.74, 6) is 3.72. The minimum absolute atomic E-state index is 0.123. The number of esters is 1. The zero-order valence-electron chi connectivity index (χ0n) is 21.5. The van der Waals surface area contributed by atoms with Gasteiger partial charge < -0.3 is 9.84 Å². The maximum absolute atomic E-state index is 11.5. The van der Waals surface area contributed by atoms with Crippen LogP contribution >= 0.6 is 0 Å². The zero-order valence-corrected chi connectivity index (χ0v) is 21.5. The number of allylic oxidation sites excluding steroid dienone is 2. The molecule has 9 atom stereocenters. The van der Waals surface area contributed by atoms with E-state index in [1.54, 1.807) is 12.5 Å². The van der Waals surface area contributed by atoms with Crippen LogP contribution < -0.4 is 0 Å². The van der Waals surface area contributed by atoms with E-state index in [0.29, 0.717) is 34.5 Å². The van der Waals surface area contributed by atoms with Gasteiger partial charge >= 0.3 is 5.97 Å². The van der Waals surface area contributed by atoms with Gasteiger partial charge in [0.15, 0.2) is 0 Å². The number of aliphatic hydroxyl groups is 1. The normalized spacial score (nSPS) is 43.0. The Morgan fingerprint density at radius 3 is 2.56 bits per heavy atom. The standard InChI is InChI=1S/C29H48O3/c1-18(2)7-12-27(31)19(3)24-10-11-25-23-9-8-21-17-22(32-20(4)30)13-15-28(21,5)26(23)14-16-29(24,25)6/h14,18-19,21-25,27,31H,7-13,15-17H2,1-6H3/t19-,21-,22-,23-,24+,25-,27?,28-,29+/m0/s1. The number of hydrogen-bond acceptors (Lipinski definition) is 3. The van der Waals surface area contributed by atoms with Crippen LogP contribution in [0.5, 0.6) is 0 Å². The van der Waals surface area contributed by atoms with Crippen molar-refractivity contribution >= 4 is 5.97 Å². The Morgan fingerprint density at radius 2 is 1.88 bits per heavy atom. The van der Waals surface area contributed by atoms with Crippen LogP contribution in [0, 0.1) is 46.3 Å². The number of fused-ring (bicyclic) bond motifs is 5. The van der Waals surface area contributed by atoms with Crippen LogP contribution in [-0.4, -0.2) is 23.3 Å². The van der Waals surface area contributed by atoms with Gasteiger partial charge in [-0.25, -0.2) is 0 Å². The van der Waals surface area contributed by atoms with Gasteiger partial charge in [-0.3, -0.25) is 4.79 Å². The van der Waals surface area contributed by atoms with E-state index < -0.39 is 0 Å². The molecule has 0 aromatic rings. The molecular weight excluding hydrogens is 396 g/mol. The van der Waals surface area contributed by atoms with E-state index in [4.69, 9.17) is 4.74 Å². The second kappa shape index (κ2) is 9.08. The van der Waals surface area contributed by atoms with Crippen molar-refractivity contribution in [1.82, 2.24) is 0 Å². The predicted octanol–water partition coefficient (Wildman–Crippen LogP) is 6.93. The maximum atomic E-state index is 11.5. The number of aliphatic hydroxyl groups excluding tert-OH is 1. The maximum Gasteiger partial charge on any atom is 0.302 e. The third-order valence-corrected chi connectivity index (χ3v) is 10.7. The molecule has 0 aromatic carbocycles. The molecule has 0 aliphatic heterocycles. The molecule has 182 valence electrons. The molecule has 3 heteroatoms. The second-order valence-corrected chi connectivity index (χ2v) is 12.9. The summed E-state index contributed by atoms with van der Waals surface area (Å²) in [6, 6.07) is 0. The van der Waals surface area contributed by atoms with E-state index in [0.717, 1.165) is 43.9 Å². The van der Waals surface area contributed by atoms with Gasteiger partial charge in [0.25, 0.3) is 0 Å². The van der Waals surface area contributed by atoms with Crippen molar-refractivity contribution in [3.8, 4) is 0 Å². The zero-order chi connectivity index (χ0) is 23.3. The van der Waals surface area contributed by atoms with Crippen LogP contribution in [0.3, 0.4) is 0 Å². The highest BCUT2D eigenvalue weighted by Crippen LogP contribution is 2.66. The van der Waals surface area contributed by atoms with Crippen LogP contribution in [-0.2, 0) is 9.53 Å². The largest absolute Gasteiger partial charge is 0.463 e. The average Bonchev–Trinajstić information content (AvgIpc) is 3.08. The number of ether oxygens (including phenoxy) is 1. The van der Waals surface area contributed by atoms with Gasteiger partial charge in [-0.2, -0.15) is 0 Å². The molecule has 32 heavy (non-hydrogen) atoms. The van der Waals surface area contributed by atoms with Crippen molar-refractivity contribution in [1.29, 1.82) is 0 Å². The molecular formula is C29H48O3. The van der Waals surface area contributed by atoms with Gasteiger partial charge in [0.2, 0.25) is 0 Å². The molecule has 4 aliphatic rings. The fraction of sp³-hybridized carbons (Fsp3) is 0.897. The lowest BCUT2D eigenvalue weighted by atomic mass is 9.48. The van der Waals surface area contributed by atoms with Crippen LogP contribution in [0.25, 0.3) is 0 Å². The summed E-state index contributed by atoms with van der Waals surface area (Å²) in [6.45, 7) is 13.5. The van der Waals surface area contributed by atoms with Crippen LogP contribution in [0.4, 0.5) is 0 Å². The molecule has 4 rings (SSSR count). The van der Waals surface area contributed by atoms with Crippen LogP contribution in [0.1, 0.15) is 106 Å². The van der Waals surface area contributed by atoms with E-state index in [9.17, 15) is 9.90 Å². The molecule has 0 saturated heterocycles. The number of carbonyl (C=O) groups is 1. The van der Waals surface area contributed by atoms with Crippen molar-refractivity contribution in [2.75, 3.05) is 0 Å². The Hall–Kier alpha value is -0.830. The van der Waals surface area contributed by atoms with Crippen molar-refractivity contribution in [2.45, 2.75) is 118 Å². The fourth-order valence-corrected chi connectivity index (χ4v) is 8.77. The first-order valence-electron chi connectivity index (χ1n) is 13.6. The summed E-state index contributed by atoms with van der Waals surface area (Å²) in [4.78, 5) is 11.5. The fourth-order valence-electron chi connectivity index (χ4n) is 8.77. The van der Waals surface area contributed by atoms with E-state index in [2.05, 4.69) is 40.7 Å². The molecule has 0 radical (unpaired) electrons. The lowest BCUT2D eigenvalue weighted by Crippen LogP contribution is -2.49. The van der Waals surface area contributed by atoms with Crippen LogP contribution in [0.15, 0.2) is 11.6 Å². The molecule has 4 aliphatic carbocycles. The highest BCUT2D eigenvalue weighted by Gasteiger charge is 2.58. The molecule has 0 spiro atoms. The molecule has 0 aromatic heterocycles. The third kappa shape index (κ3) is 4.21. The molecule has 3 fully saturated rings. The first-order chi connectivity index (χ1) is 15.1. The molecule has 0 bridgehead atoms. The molecule has 3 nitrogen and oxygen atoms in total. The summed E-state index contributed by atoms with van der Waals surface area (Å²) in [5.41, 5.74) is 2.39. The van der Waals surface area contributed by atoms with E-state index in [1.807, 2.05) is 0 Å². The summed E-state index contributed by atoms with van der Waals surface area (Å²) in [6.07, 6.45) is 14.3. The average molecular weight is 445 g/mol. The van der Waals surface area contributed by atoms with Crippen LogP contribution in [0.2, 0.25) is 0 Å². The highest BCUT2D eigenvalue weighted by molar-refractivity contribution is 5.66. The van der Waals surface area contributed by atoms with Gasteiger partial charge in [0, 0.05) is 6.92 Å². The Kier molecular flexibility index (Phi) is 6.90. The quantitative estimate of drug-likeness (QED) is 0.357. The lowest BCUT2D eigenvalue weighted by Gasteiger charge is -2.57. The van der Waals surface area contributed by atoms with E-state index in [1.165, 1.54) is 32.1 Å². The topological polar surface area (TPSA) is 46.5 Å². The molecule has 1 unspecified atom stereocenters. The van der Waals surface area contributed by atoms with Gasteiger partial charge in [0.1, 0.15) is 6.10 Å². The second-order valence-electron chi connectivity index (χ2n) is 12.9. The van der Waals surface area contributed by atoms with Gasteiger partial charge in [0.05, 0.1) is 6.10 Å². The van der Waals surface area contributed by atoms with Crippen molar-refractivity contribution < 1.29 is 14.6 Å². The van der Waals surface area contributed by atoms with Gasteiger partial charge in [-0.1, -0.05) is 46.3 Å². The van der Waals surface area contributed by atoms with Crippen molar-refractivity contribution in [3.63, 3.8) is 0 Å². The Labute approximate surface area is 196 Å². The van der Waals surface area contributed by atoms with Gasteiger partial charge in [-0.15, -0.1) is 0 Å². The summed E-state index contributed by atoms with van der Waals surface area (Å²) < 4.78 is 5.62. The molecule has 0 heterocycles. The summed E-state index contributed by atoms with van der Waals surface area (Å²) >= 11 is 0. The SMILES string of the molecule is CC(=O)O[C@H]1CC[C@]2(C)C3=CC[C@]4(C)[C@@H]([C@H](C)C(O)CCC(C)C)CC[C@H]4[C@@H]3CC[C@H]2C1. The Morgan fingerprint density at radius 1 is 1.12 bits per heavy atom. The smallest absolute Gasteiger partial charge is 0.302 e. The van der Waals surface area contributed by atoms with E-state index >= 15 is 0 Å². The Balaban J connectivity index is 1.50. The lowest BCUT2D eigenvalue weighted by molar-refractivity contribution is -0.151. The van der Waals surface area contributed by atoms with Crippen molar-refractivity contribution in [2.24, 2.45) is 46.3 Å². The molecule has 1 N–H and O–H groups in total. The minimum atomic E-state index is -0.159. The molecule has 3 saturated carbocycles. The summed E-state index contributed by atoms with van der Waals surface area (Å²) in [7, 11) is 0. The minimum Gasteiger partial charge on any atom is -0.463 e. The first-order valence-corrected chi connectivity index (χ1v) is 13.6.